The van der Waals surface area contributed by atoms with Gasteiger partial charge in [-0.1, -0.05) is 29.8 Å². The zero-order valence-electron chi connectivity index (χ0n) is 13.5. The van der Waals surface area contributed by atoms with Gasteiger partial charge in [-0.3, -0.25) is 0 Å². The number of nitrogens with zero attached hydrogens (tertiary/aromatic N) is 3. The van der Waals surface area contributed by atoms with E-state index < -0.39 is 0 Å². The van der Waals surface area contributed by atoms with E-state index >= 15 is 0 Å². The van der Waals surface area contributed by atoms with Gasteiger partial charge in [0, 0.05) is 26.3 Å². The summed E-state index contributed by atoms with van der Waals surface area (Å²) in [5, 5.41) is 0.665. The van der Waals surface area contributed by atoms with Gasteiger partial charge in [0.15, 0.2) is 0 Å². The molecule has 2 rings (SSSR count). The van der Waals surface area contributed by atoms with Gasteiger partial charge in [-0.25, -0.2) is 4.99 Å². The number of benzene rings is 2. The summed E-state index contributed by atoms with van der Waals surface area (Å²) >= 11 is 6.58. The monoisotopic (exact) mass is 315 g/mol. The van der Waals surface area contributed by atoms with Crippen LogP contribution in [0.1, 0.15) is 12.5 Å². The van der Waals surface area contributed by atoms with E-state index in [9.17, 15) is 0 Å². The van der Waals surface area contributed by atoms with E-state index in [1.54, 1.807) is 0 Å². The topological polar surface area (TPSA) is 18.8 Å². The van der Waals surface area contributed by atoms with Crippen molar-refractivity contribution in [2.24, 2.45) is 4.99 Å². The lowest BCUT2D eigenvalue weighted by molar-refractivity contribution is 0.552. The Hall–Kier alpha value is -2.00. The second-order valence-electron chi connectivity index (χ2n) is 5.33. The Kier molecular flexibility index (Phi) is 5.45. The van der Waals surface area contributed by atoms with Crippen molar-refractivity contribution in [3.05, 3.63) is 53.1 Å². The van der Waals surface area contributed by atoms with Crippen LogP contribution in [0, 0.1) is 6.92 Å². The molecule has 0 atom stereocenters. The predicted octanol–water partition coefficient (Wildman–Crippen LogP) is 5.03. The van der Waals surface area contributed by atoms with Gasteiger partial charge >= 0.3 is 0 Å². The number of aliphatic imine (C=N–C) groups is 1. The van der Waals surface area contributed by atoms with Crippen LogP contribution in [-0.2, 0) is 0 Å². The van der Waals surface area contributed by atoms with Gasteiger partial charge in [-0.2, -0.15) is 0 Å². The minimum atomic E-state index is 0.665. The number of hydrogen-bond acceptors (Lipinski definition) is 2. The molecule has 22 heavy (non-hydrogen) atoms. The standard InChI is InChI=1S/C18H22ClN3/c1-5-21(3)13-20-16-11-14(2)12-17(18(16)19)22(4)15-9-7-6-8-10-15/h6-13H,5H2,1-4H3/b20-13-. The zero-order valence-corrected chi connectivity index (χ0v) is 14.3. The van der Waals surface area contributed by atoms with Gasteiger partial charge < -0.3 is 9.80 Å². The van der Waals surface area contributed by atoms with Crippen LogP contribution in [-0.4, -0.2) is 31.9 Å². The molecule has 0 spiro atoms. The molecular formula is C18H22ClN3. The Morgan fingerprint density at radius 1 is 1.14 bits per heavy atom. The summed E-state index contributed by atoms with van der Waals surface area (Å²) < 4.78 is 0. The third-order valence-corrected chi connectivity index (χ3v) is 3.96. The highest BCUT2D eigenvalue weighted by Gasteiger charge is 2.12. The number of rotatable bonds is 5. The number of hydrogen-bond donors (Lipinski definition) is 0. The summed E-state index contributed by atoms with van der Waals surface area (Å²) in [6.45, 7) is 5.05. The van der Waals surface area contributed by atoms with Gasteiger partial charge in [0.25, 0.3) is 0 Å². The van der Waals surface area contributed by atoms with E-state index in [-0.39, 0.29) is 0 Å². The predicted molar refractivity (Wildman–Crippen MR) is 97.2 cm³/mol. The first-order valence-corrected chi connectivity index (χ1v) is 7.74. The van der Waals surface area contributed by atoms with E-state index in [1.165, 1.54) is 0 Å². The van der Waals surface area contributed by atoms with Crippen molar-refractivity contribution in [2.75, 3.05) is 25.5 Å². The summed E-state index contributed by atoms with van der Waals surface area (Å²) in [4.78, 5) is 8.61. The van der Waals surface area contributed by atoms with Crippen LogP contribution in [0.2, 0.25) is 5.02 Å². The number of para-hydroxylation sites is 1. The van der Waals surface area contributed by atoms with Crippen LogP contribution >= 0.6 is 11.6 Å². The van der Waals surface area contributed by atoms with Crippen LogP contribution < -0.4 is 4.90 Å². The van der Waals surface area contributed by atoms with Gasteiger partial charge in [0.2, 0.25) is 0 Å². The molecule has 0 aliphatic heterocycles. The Bertz CT molecular complexity index is 653. The van der Waals surface area contributed by atoms with Crippen molar-refractivity contribution in [1.29, 1.82) is 0 Å². The van der Waals surface area contributed by atoms with Crippen LogP contribution in [0.3, 0.4) is 0 Å². The van der Waals surface area contributed by atoms with Crippen molar-refractivity contribution in [1.82, 2.24) is 4.90 Å². The Balaban J connectivity index is 2.40. The third kappa shape index (κ3) is 3.80. The molecule has 0 saturated carbocycles. The Morgan fingerprint density at radius 3 is 2.45 bits per heavy atom. The molecule has 0 aliphatic carbocycles. The Labute approximate surface area is 137 Å². The van der Waals surface area contributed by atoms with Gasteiger partial charge in [0.05, 0.1) is 22.7 Å². The summed E-state index contributed by atoms with van der Waals surface area (Å²) in [6, 6.07) is 14.3. The maximum absolute atomic E-state index is 6.58. The number of aryl methyl sites for hydroxylation is 1. The third-order valence-electron chi connectivity index (χ3n) is 3.58. The second kappa shape index (κ2) is 7.32. The van der Waals surface area contributed by atoms with E-state index in [1.807, 2.05) is 49.6 Å². The van der Waals surface area contributed by atoms with E-state index in [0.29, 0.717) is 5.02 Å². The van der Waals surface area contributed by atoms with Gasteiger partial charge in [-0.15, -0.1) is 0 Å². The molecule has 116 valence electrons. The minimum Gasteiger partial charge on any atom is -0.366 e. The van der Waals surface area contributed by atoms with Crippen LogP contribution in [0.25, 0.3) is 0 Å². The zero-order chi connectivity index (χ0) is 16.1. The molecule has 0 unspecified atom stereocenters. The highest BCUT2D eigenvalue weighted by atomic mass is 35.5. The highest BCUT2D eigenvalue weighted by molar-refractivity contribution is 6.36. The first-order valence-electron chi connectivity index (χ1n) is 7.36. The molecule has 0 fully saturated rings. The highest BCUT2D eigenvalue weighted by Crippen LogP contribution is 2.38. The van der Waals surface area contributed by atoms with Crippen LogP contribution in [0.4, 0.5) is 17.1 Å². The smallest absolute Gasteiger partial charge is 0.0910 e. The average molecular weight is 316 g/mol. The summed E-state index contributed by atoms with van der Waals surface area (Å²) in [7, 11) is 4.01. The lowest BCUT2D eigenvalue weighted by atomic mass is 10.1. The summed E-state index contributed by atoms with van der Waals surface area (Å²) in [6.07, 6.45) is 1.81. The molecule has 0 heterocycles. The second-order valence-corrected chi connectivity index (χ2v) is 5.71. The normalized spacial score (nSPS) is 11.0. The fraction of sp³-hybridized carbons (Fsp3) is 0.278. The largest absolute Gasteiger partial charge is 0.366 e. The average Bonchev–Trinajstić information content (AvgIpc) is 2.55. The molecule has 0 saturated heterocycles. The van der Waals surface area contributed by atoms with Gasteiger partial charge in [-0.05, 0) is 43.7 Å². The number of halogens is 1. The first-order chi connectivity index (χ1) is 10.5. The fourth-order valence-corrected chi connectivity index (χ4v) is 2.39. The molecule has 4 heteroatoms. The van der Waals surface area contributed by atoms with Crippen molar-refractivity contribution in [3.8, 4) is 0 Å². The molecule has 2 aromatic carbocycles. The van der Waals surface area contributed by atoms with Gasteiger partial charge in [0.1, 0.15) is 0 Å². The van der Waals surface area contributed by atoms with Crippen LogP contribution in [0.5, 0.6) is 0 Å². The van der Waals surface area contributed by atoms with Crippen LogP contribution in [0.15, 0.2) is 47.5 Å². The van der Waals surface area contributed by atoms with E-state index in [4.69, 9.17) is 11.6 Å². The summed E-state index contributed by atoms with van der Waals surface area (Å²) in [5.41, 5.74) is 3.98. The Morgan fingerprint density at radius 2 is 1.82 bits per heavy atom. The van der Waals surface area contributed by atoms with Crippen molar-refractivity contribution >= 4 is 35.0 Å². The SMILES string of the molecule is CCN(C)/C=N\c1cc(C)cc(N(C)c2ccccc2)c1Cl. The quantitative estimate of drug-likeness (QED) is 0.569. The molecule has 0 N–H and O–H groups in total. The molecule has 2 aromatic rings. The van der Waals surface area contributed by atoms with Crippen molar-refractivity contribution in [3.63, 3.8) is 0 Å². The van der Waals surface area contributed by atoms with E-state index in [2.05, 4.69) is 41.9 Å². The minimum absolute atomic E-state index is 0.665. The molecule has 0 amide bonds. The molecule has 0 aromatic heterocycles. The lowest BCUT2D eigenvalue weighted by Crippen LogP contribution is -2.14. The first kappa shape index (κ1) is 16.4. The molecule has 0 radical (unpaired) electrons. The summed E-state index contributed by atoms with van der Waals surface area (Å²) in [5.74, 6) is 0. The fourth-order valence-electron chi connectivity index (χ4n) is 2.10. The van der Waals surface area contributed by atoms with Crippen molar-refractivity contribution < 1.29 is 0 Å². The maximum Gasteiger partial charge on any atom is 0.0910 e. The van der Waals surface area contributed by atoms with Crippen molar-refractivity contribution in [2.45, 2.75) is 13.8 Å². The molecule has 0 aliphatic rings. The van der Waals surface area contributed by atoms with E-state index in [0.717, 1.165) is 29.2 Å². The molecule has 3 nitrogen and oxygen atoms in total. The molecular weight excluding hydrogens is 294 g/mol. The number of anilines is 2. The maximum atomic E-state index is 6.58. The molecule has 0 bridgehead atoms. The lowest BCUT2D eigenvalue weighted by Gasteiger charge is -2.22.